The molecule has 4 heterocycles. The predicted molar refractivity (Wildman–Crippen MR) is 118 cm³/mol. The average Bonchev–Trinajstić information content (AvgIpc) is 3.15. The average molecular weight is 445 g/mol. The fourth-order valence-corrected chi connectivity index (χ4v) is 4.95. The van der Waals surface area contributed by atoms with Gasteiger partial charge in [-0.05, 0) is 43.7 Å². The smallest absolute Gasteiger partial charge is 0.336 e. The van der Waals surface area contributed by atoms with E-state index in [1.54, 1.807) is 16.8 Å². The number of aromatic nitrogens is 2. The standard InChI is InChI=1S/C24H19N3O6/c1-12-9-19(28)33-23-17(12)7-8-18-22(23)21-14(10-31-18)11-32-24-20(21)13(2)25-26(24)15-3-5-16(6-4-15)27(29)30/h3-9,14,21H,10-11H2,1-2H3/t14-,21-/m0/s1. The molecule has 0 bridgehead atoms. The molecular weight excluding hydrogens is 426 g/mol. The quantitative estimate of drug-likeness (QED) is 0.260. The Morgan fingerprint density at radius 3 is 2.58 bits per heavy atom. The highest BCUT2D eigenvalue weighted by atomic mass is 16.6. The van der Waals surface area contributed by atoms with Crippen molar-refractivity contribution in [3.63, 3.8) is 0 Å². The Balaban J connectivity index is 1.57. The van der Waals surface area contributed by atoms with Crippen molar-refractivity contribution in [1.82, 2.24) is 9.78 Å². The number of fused-ring (bicyclic) bond motifs is 7. The van der Waals surface area contributed by atoms with E-state index < -0.39 is 10.5 Å². The Kier molecular flexibility index (Phi) is 4.10. The highest BCUT2D eigenvalue weighted by molar-refractivity contribution is 5.86. The largest absolute Gasteiger partial charge is 0.493 e. The SMILES string of the molecule is Cc1nn(-c2ccc([N+](=O)[O-])cc2)c2c1[C@H]1c3c(ccc4c(C)cc(=O)oc34)OC[C@H]1CO2. The first-order valence-corrected chi connectivity index (χ1v) is 10.6. The van der Waals surface area contributed by atoms with Crippen molar-refractivity contribution in [3.8, 4) is 17.3 Å². The summed E-state index contributed by atoms with van der Waals surface area (Å²) in [5, 5.41) is 16.6. The summed E-state index contributed by atoms with van der Waals surface area (Å²) in [5.74, 6) is 1.17. The van der Waals surface area contributed by atoms with Gasteiger partial charge in [0.25, 0.3) is 5.69 Å². The number of non-ortho nitro benzene ring substituents is 1. The van der Waals surface area contributed by atoms with Gasteiger partial charge in [-0.25, -0.2) is 9.48 Å². The van der Waals surface area contributed by atoms with E-state index in [0.29, 0.717) is 36.1 Å². The van der Waals surface area contributed by atoms with Crippen molar-refractivity contribution in [2.45, 2.75) is 19.8 Å². The molecule has 0 fully saturated rings. The summed E-state index contributed by atoms with van der Waals surface area (Å²) in [6.45, 7) is 4.68. The fraction of sp³-hybridized carbons (Fsp3) is 0.250. The van der Waals surface area contributed by atoms with Gasteiger partial charge in [0.15, 0.2) is 0 Å². The molecule has 2 aliphatic heterocycles. The minimum absolute atomic E-state index is 0.00713. The first kappa shape index (κ1) is 19.5. The van der Waals surface area contributed by atoms with Gasteiger partial charge in [0.2, 0.25) is 5.88 Å². The summed E-state index contributed by atoms with van der Waals surface area (Å²) in [6, 6.07) is 11.5. The Morgan fingerprint density at radius 2 is 1.82 bits per heavy atom. The number of nitrogens with zero attached hydrogens (tertiary/aromatic N) is 3. The molecule has 2 atom stereocenters. The number of benzene rings is 2. The van der Waals surface area contributed by atoms with Gasteiger partial charge in [-0.1, -0.05) is 0 Å². The van der Waals surface area contributed by atoms with Crippen LogP contribution in [0.15, 0.2) is 51.7 Å². The van der Waals surface area contributed by atoms with Gasteiger partial charge in [0, 0.05) is 46.5 Å². The number of hydrogen-bond acceptors (Lipinski definition) is 7. The molecule has 0 amide bonds. The van der Waals surface area contributed by atoms with Crippen molar-refractivity contribution < 1.29 is 18.8 Å². The molecule has 9 nitrogen and oxygen atoms in total. The minimum atomic E-state index is -0.436. The maximum absolute atomic E-state index is 12.2. The molecule has 6 rings (SSSR count). The highest BCUT2D eigenvalue weighted by Gasteiger charge is 2.43. The van der Waals surface area contributed by atoms with Crippen LogP contribution in [0.25, 0.3) is 16.7 Å². The normalized spacial score (nSPS) is 18.6. The highest BCUT2D eigenvalue weighted by Crippen LogP contribution is 2.51. The molecule has 0 N–H and O–H groups in total. The Labute approximate surface area is 187 Å². The molecule has 33 heavy (non-hydrogen) atoms. The van der Waals surface area contributed by atoms with Crippen LogP contribution in [-0.4, -0.2) is 27.9 Å². The molecule has 9 heteroatoms. The zero-order chi connectivity index (χ0) is 22.9. The van der Waals surface area contributed by atoms with Gasteiger partial charge in [0.05, 0.1) is 29.5 Å². The molecule has 0 unspecified atom stereocenters. The first-order chi connectivity index (χ1) is 15.9. The second-order valence-electron chi connectivity index (χ2n) is 8.45. The maximum atomic E-state index is 12.2. The van der Waals surface area contributed by atoms with Crippen LogP contribution in [-0.2, 0) is 0 Å². The third-order valence-corrected chi connectivity index (χ3v) is 6.47. The van der Waals surface area contributed by atoms with Gasteiger partial charge in [0.1, 0.15) is 11.3 Å². The number of nitro groups is 1. The molecule has 0 spiro atoms. The van der Waals surface area contributed by atoms with Crippen LogP contribution in [0.1, 0.15) is 28.3 Å². The molecule has 0 saturated heterocycles. The molecular formula is C24H19N3O6. The van der Waals surface area contributed by atoms with E-state index in [9.17, 15) is 14.9 Å². The van der Waals surface area contributed by atoms with Crippen molar-refractivity contribution in [3.05, 3.63) is 85.4 Å². The van der Waals surface area contributed by atoms with Crippen LogP contribution in [0.5, 0.6) is 11.6 Å². The number of hydrogen-bond donors (Lipinski definition) is 0. The Morgan fingerprint density at radius 1 is 1.06 bits per heavy atom. The second kappa shape index (κ2) is 6.93. The van der Waals surface area contributed by atoms with Crippen molar-refractivity contribution in [1.29, 1.82) is 0 Å². The summed E-state index contributed by atoms with van der Waals surface area (Å²) < 4.78 is 19.6. The fourth-order valence-electron chi connectivity index (χ4n) is 4.95. The molecule has 0 saturated carbocycles. The first-order valence-electron chi connectivity index (χ1n) is 10.6. The van der Waals surface area contributed by atoms with Gasteiger partial charge in [-0.2, -0.15) is 5.10 Å². The minimum Gasteiger partial charge on any atom is -0.493 e. The topological polar surface area (TPSA) is 110 Å². The van der Waals surface area contributed by atoms with Crippen LogP contribution < -0.4 is 15.1 Å². The van der Waals surface area contributed by atoms with Crippen molar-refractivity contribution >= 4 is 16.7 Å². The second-order valence-corrected chi connectivity index (χ2v) is 8.45. The van der Waals surface area contributed by atoms with E-state index in [4.69, 9.17) is 19.0 Å². The Hall–Kier alpha value is -4.14. The van der Waals surface area contributed by atoms with Crippen LogP contribution in [0.2, 0.25) is 0 Å². The summed E-state index contributed by atoms with van der Waals surface area (Å²) in [6.07, 6.45) is 0. The van der Waals surface area contributed by atoms with E-state index in [1.165, 1.54) is 18.2 Å². The zero-order valence-corrected chi connectivity index (χ0v) is 17.9. The molecule has 166 valence electrons. The molecule has 2 aromatic carbocycles. The lowest BCUT2D eigenvalue weighted by molar-refractivity contribution is -0.384. The lowest BCUT2D eigenvalue weighted by Gasteiger charge is -2.37. The van der Waals surface area contributed by atoms with Gasteiger partial charge >= 0.3 is 5.63 Å². The summed E-state index contributed by atoms with van der Waals surface area (Å²) in [4.78, 5) is 22.8. The molecule has 4 aromatic rings. The van der Waals surface area contributed by atoms with Crippen LogP contribution in [0.4, 0.5) is 5.69 Å². The van der Waals surface area contributed by atoms with E-state index in [1.807, 2.05) is 26.0 Å². The van der Waals surface area contributed by atoms with E-state index >= 15 is 0 Å². The molecule has 0 radical (unpaired) electrons. The number of aryl methyl sites for hydroxylation is 2. The summed E-state index contributed by atoms with van der Waals surface area (Å²) in [7, 11) is 0. The Bertz CT molecular complexity index is 1500. The summed E-state index contributed by atoms with van der Waals surface area (Å²) in [5.41, 5.74) is 4.16. The number of rotatable bonds is 2. The van der Waals surface area contributed by atoms with Crippen molar-refractivity contribution in [2.24, 2.45) is 5.92 Å². The summed E-state index contributed by atoms with van der Waals surface area (Å²) >= 11 is 0. The predicted octanol–water partition coefficient (Wildman–Crippen LogP) is 4.04. The van der Waals surface area contributed by atoms with Gasteiger partial charge in [-0.3, -0.25) is 10.1 Å². The lowest BCUT2D eigenvalue weighted by Crippen LogP contribution is -2.35. The zero-order valence-electron chi connectivity index (χ0n) is 17.9. The van der Waals surface area contributed by atoms with Crippen LogP contribution in [0.3, 0.4) is 0 Å². The molecule has 2 aromatic heterocycles. The number of nitro benzene ring substituents is 1. The van der Waals surface area contributed by atoms with E-state index in [-0.39, 0.29) is 17.5 Å². The monoisotopic (exact) mass is 445 g/mol. The molecule has 0 aliphatic carbocycles. The van der Waals surface area contributed by atoms with Crippen molar-refractivity contribution in [2.75, 3.05) is 13.2 Å². The van der Waals surface area contributed by atoms with Crippen LogP contribution in [0, 0.1) is 29.9 Å². The lowest BCUT2D eigenvalue weighted by atomic mass is 9.77. The molecule has 2 aliphatic rings. The third-order valence-electron chi connectivity index (χ3n) is 6.47. The van der Waals surface area contributed by atoms with Gasteiger partial charge < -0.3 is 13.9 Å². The number of ether oxygens (including phenoxy) is 2. The van der Waals surface area contributed by atoms with E-state index in [0.717, 1.165) is 27.8 Å². The third kappa shape index (κ3) is 2.85. The van der Waals surface area contributed by atoms with E-state index in [2.05, 4.69) is 0 Å². The maximum Gasteiger partial charge on any atom is 0.336 e. The van der Waals surface area contributed by atoms with Crippen LogP contribution >= 0.6 is 0 Å². The van der Waals surface area contributed by atoms with Gasteiger partial charge in [-0.15, -0.1) is 0 Å².